The Morgan fingerprint density at radius 1 is 0.651 bits per heavy atom. The molecule has 0 spiro atoms. The highest BCUT2D eigenvalue weighted by molar-refractivity contribution is 5.80. The van der Waals surface area contributed by atoms with Crippen molar-refractivity contribution >= 4 is 17.8 Å². The van der Waals surface area contributed by atoms with Gasteiger partial charge in [-0.25, -0.2) is 0 Å². The topological polar surface area (TPSA) is 92.7 Å². The second-order valence-corrected chi connectivity index (χ2v) is 10.7. The van der Waals surface area contributed by atoms with E-state index in [0.29, 0.717) is 19.3 Å². The molecule has 0 aliphatic heterocycles. The first kappa shape index (κ1) is 39.8. The lowest BCUT2D eigenvalue weighted by Gasteiger charge is -2.14. The highest BCUT2D eigenvalue weighted by Gasteiger charge is 2.11. The number of ether oxygens (including phenoxy) is 1. The van der Waals surface area contributed by atoms with Crippen LogP contribution in [-0.4, -0.2) is 35.6 Å². The third-order valence-corrected chi connectivity index (χ3v) is 6.60. The standard InChI is InChI=1S/C37H59NO5/c1-3-5-7-9-11-12-13-14-15-16-17-18-20-22-28-32-37(42)43-34(29-25-21-19-10-8-6-4-2)30-26-23-24-27-31-35(39)38-33-36(40)41/h5,7,10-12,14-15,17-19,25,29,34H,3-4,6,8-9,13,16,20-24,26-28,30-33H2,1-2H3,(H,38,39)(H,40,41)/b7-5-,12-11-,15-14-,18-17-,19-10-,29-25-. The van der Waals surface area contributed by atoms with E-state index < -0.39 is 5.97 Å². The van der Waals surface area contributed by atoms with Crippen LogP contribution in [-0.2, 0) is 19.1 Å². The molecule has 0 aliphatic rings. The molecular formula is C37H59NO5. The number of allylic oxidation sites excluding steroid dienone is 11. The number of carbonyl (C=O) groups is 3. The zero-order valence-electron chi connectivity index (χ0n) is 27.0. The number of aliphatic carboxylic acids is 1. The second-order valence-electron chi connectivity index (χ2n) is 10.7. The van der Waals surface area contributed by atoms with Gasteiger partial charge in [0.1, 0.15) is 12.6 Å². The number of amides is 1. The summed E-state index contributed by atoms with van der Waals surface area (Å²) in [5.74, 6) is -1.41. The Kier molecular flexibility index (Phi) is 29.5. The molecule has 0 fully saturated rings. The monoisotopic (exact) mass is 597 g/mol. The molecule has 0 heterocycles. The van der Waals surface area contributed by atoms with Crippen LogP contribution in [0.4, 0.5) is 0 Å². The van der Waals surface area contributed by atoms with Gasteiger partial charge >= 0.3 is 11.9 Å². The molecule has 6 heteroatoms. The summed E-state index contributed by atoms with van der Waals surface area (Å²) in [6, 6.07) is 0. The molecule has 43 heavy (non-hydrogen) atoms. The first-order chi connectivity index (χ1) is 21.0. The molecule has 6 nitrogen and oxygen atoms in total. The van der Waals surface area contributed by atoms with Crippen LogP contribution in [0.15, 0.2) is 72.9 Å². The fraction of sp³-hybridized carbons (Fsp3) is 0.595. The van der Waals surface area contributed by atoms with Gasteiger partial charge in [-0.05, 0) is 83.1 Å². The highest BCUT2D eigenvalue weighted by Crippen LogP contribution is 2.13. The van der Waals surface area contributed by atoms with E-state index in [9.17, 15) is 14.4 Å². The van der Waals surface area contributed by atoms with Crippen molar-refractivity contribution in [1.29, 1.82) is 0 Å². The van der Waals surface area contributed by atoms with E-state index in [1.807, 2.05) is 6.08 Å². The van der Waals surface area contributed by atoms with Crippen LogP contribution in [0.25, 0.3) is 0 Å². The van der Waals surface area contributed by atoms with Gasteiger partial charge in [-0.3, -0.25) is 14.4 Å². The molecule has 0 saturated carbocycles. The fourth-order valence-electron chi connectivity index (χ4n) is 4.14. The van der Waals surface area contributed by atoms with Crippen molar-refractivity contribution in [2.24, 2.45) is 0 Å². The first-order valence-corrected chi connectivity index (χ1v) is 16.6. The Hall–Kier alpha value is -3.15. The Balaban J connectivity index is 4.30. The molecule has 0 aromatic heterocycles. The predicted octanol–water partition coefficient (Wildman–Crippen LogP) is 9.50. The van der Waals surface area contributed by atoms with E-state index in [1.54, 1.807) is 0 Å². The lowest BCUT2D eigenvalue weighted by Crippen LogP contribution is -2.28. The van der Waals surface area contributed by atoms with Crippen LogP contribution in [0.2, 0.25) is 0 Å². The minimum absolute atomic E-state index is 0.145. The summed E-state index contributed by atoms with van der Waals surface area (Å²) in [6.07, 6.45) is 41.8. The molecule has 0 bridgehead atoms. The summed E-state index contributed by atoms with van der Waals surface area (Å²) in [7, 11) is 0. The number of carboxylic acid groups (broad SMARTS) is 1. The first-order valence-electron chi connectivity index (χ1n) is 16.6. The van der Waals surface area contributed by atoms with Crippen molar-refractivity contribution in [2.45, 2.75) is 136 Å². The summed E-state index contributed by atoms with van der Waals surface area (Å²) < 4.78 is 5.81. The van der Waals surface area contributed by atoms with Gasteiger partial charge in [-0.1, -0.05) is 106 Å². The average molecular weight is 598 g/mol. The maximum absolute atomic E-state index is 12.5. The highest BCUT2D eigenvalue weighted by atomic mass is 16.5. The van der Waals surface area contributed by atoms with Crippen molar-refractivity contribution in [1.82, 2.24) is 5.32 Å². The molecule has 0 aromatic carbocycles. The third kappa shape index (κ3) is 31.6. The van der Waals surface area contributed by atoms with E-state index in [2.05, 4.69) is 86.0 Å². The van der Waals surface area contributed by atoms with E-state index in [0.717, 1.165) is 83.5 Å². The Morgan fingerprint density at radius 2 is 1.21 bits per heavy atom. The van der Waals surface area contributed by atoms with Crippen LogP contribution >= 0.6 is 0 Å². The van der Waals surface area contributed by atoms with E-state index >= 15 is 0 Å². The summed E-state index contributed by atoms with van der Waals surface area (Å²) in [5.41, 5.74) is 0. The largest absolute Gasteiger partial charge is 0.480 e. The number of nitrogens with one attached hydrogen (secondary N) is 1. The van der Waals surface area contributed by atoms with Gasteiger partial charge in [0.05, 0.1) is 0 Å². The van der Waals surface area contributed by atoms with Gasteiger partial charge in [-0.15, -0.1) is 0 Å². The zero-order chi connectivity index (χ0) is 31.6. The van der Waals surface area contributed by atoms with Crippen LogP contribution in [0.5, 0.6) is 0 Å². The Morgan fingerprint density at radius 3 is 1.84 bits per heavy atom. The summed E-state index contributed by atoms with van der Waals surface area (Å²) in [5, 5.41) is 11.0. The van der Waals surface area contributed by atoms with Crippen LogP contribution < -0.4 is 5.32 Å². The maximum Gasteiger partial charge on any atom is 0.322 e. The molecular weight excluding hydrogens is 538 g/mol. The van der Waals surface area contributed by atoms with Crippen LogP contribution in [0.1, 0.15) is 129 Å². The molecule has 1 amide bonds. The SMILES string of the molecule is CC/C=C\C/C=C\C/C=C\C/C=C\CCCCC(=O)OC(/C=C\C/C=C\CCCC)CCCCCCC(=O)NCC(=O)O. The number of esters is 1. The van der Waals surface area contributed by atoms with Crippen LogP contribution in [0, 0.1) is 0 Å². The minimum atomic E-state index is -1.04. The van der Waals surface area contributed by atoms with Crippen molar-refractivity contribution in [2.75, 3.05) is 6.54 Å². The van der Waals surface area contributed by atoms with Crippen molar-refractivity contribution < 1.29 is 24.2 Å². The average Bonchev–Trinajstić information content (AvgIpc) is 2.99. The van der Waals surface area contributed by atoms with Gasteiger partial charge in [-0.2, -0.15) is 0 Å². The molecule has 1 unspecified atom stereocenters. The third-order valence-electron chi connectivity index (χ3n) is 6.60. The zero-order valence-corrected chi connectivity index (χ0v) is 27.0. The van der Waals surface area contributed by atoms with Crippen molar-refractivity contribution in [3.05, 3.63) is 72.9 Å². The lowest BCUT2D eigenvalue weighted by molar-refractivity contribution is -0.147. The van der Waals surface area contributed by atoms with Crippen LogP contribution in [0.3, 0.4) is 0 Å². The number of carbonyl (C=O) groups excluding carboxylic acids is 2. The molecule has 0 radical (unpaired) electrons. The van der Waals surface area contributed by atoms with Gasteiger partial charge in [0.25, 0.3) is 0 Å². The second kappa shape index (κ2) is 31.8. The van der Waals surface area contributed by atoms with Crippen molar-refractivity contribution in [3.8, 4) is 0 Å². The smallest absolute Gasteiger partial charge is 0.322 e. The molecule has 0 aliphatic carbocycles. The predicted molar refractivity (Wildman–Crippen MR) is 180 cm³/mol. The fourth-order valence-corrected chi connectivity index (χ4v) is 4.14. The van der Waals surface area contributed by atoms with Crippen molar-refractivity contribution in [3.63, 3.8) is 0 Å². The number of rotatable bonds is 28. The van der Waals surface area contributed by atoms with E-state index in [4.69, 9.17) is 9.84 Å². The number of hydrogen-bond donors (Lipinski definition) is 2. The lowest BCUT2D eigenvalue weighted by atomic mass is 10.1. The van der Waals surface area contributed by atoms with Gasteiger partial charge < -0.3 is 15.2 Å². The number of unbranched alkanes of at least 4 members (excludes halogenated alkanes) is 7. The molecule has 0 aromatic rings. The summed E-state index contributed by atoms with van der Waals surface area (Å²) in [4.78, 5) is 34.7. The Labute approximate surface area is 262 Å². The molecule has 0 saturated heterocycles. The Bertz CT molecular complexity index is 881. The maximum atomic E-state index is 12.5. The minimum Gasteiger partial charge on any atom is -0.480 e. The summed E-state index contributed by atoms with van der Waals surface area (Å²) >= 11 is 0. The van der Waals surface area contributed by atoms with E-state index in [-0.39, 0.29) is 24.5 Å². The summed E-state index contributed by atoms with van der Waals surface area (Å²) in [6.45, 7) is 3.99. The normalized spacial score (nSPS) is 13.0. The van der Waals surface area contributed by atoms with Gasteiger partial charge in [0.2, 0.25) is 5.91 Å². The van der Waals surface area contributed by atoms with Gasteiger partial charge in [0.15, 0.2) is 0 Å². The number of hydrogen-bond acceptors (Lipinski definition) is 4. The molecule has 1 atom stereocenters. The number of carboxylic acids is 1. The molecule has 2 N–H and O–H groups in total. The van der Waals surface area contributed by atoms with E-state index in [1.165, 1.54) is 12.8 Å². The van der Waals surface area contributed by atoms with Gasteiger partial charge in [0, 0.05) is 12.8 Å². The molecule has 242 valence electrons. The molecule has 0 rings (SSSR count). The quantitative estimate of drug-likeness (QED) is 0.0532.